The van der Waals surface area contributed by atoms with Crippen molar-refractivity contribution in [3.8, 4) is 11.1 Å². The van der Waals surface area contributed by atoms with Crippen LogP contribution < -0.4 is 0 Å². The Balaban J connectivity index is 1.26. The van der Waals surface area contributed by atoms with E-state index in [9.17, 15) is 4.39 Å². The first-order valence-electron chi connectivity index (χ1n) is 12.1. The van der Waals surface area contributed by atoms with Gasteiger partial charge in [0.25, 0.3) is 0 Å². The van der Waals surface area contributed by atoms with Crippen molar-refractivity contribution in [1.29, 1.82) is 0 Å². The van der Waals surface area contributed by atoms with Gasteiger partial charge in [0.2, 0.25) is 0 Å². The number of hydrogen-bond donors (Lipinski definition) is 0. The lowest BCUT2D eigenvalue weighted by atomic mass is 9.92. The monoisotopic (exact) mass is 420 g/mol. The molecule has 2 heteroatoms. The Bertz CT molecular complexity index is 790. The van der Waals surface area contributed by atoms with Crippen molar-refractivity contribution in [2.75, 3.05) is 0 Å². The lowest BCUT2D eigenvalue weighted by molar-refractivity contribution is 0.409. The maximum atomic E-state index is 13.2. The topological polar surface area (TPSA) is 0 Å². The third-order valence-electron chi connectivity index (χ3n) is 8.04. The summed E-state index contributed by atoms with van der Waals surface area (Å²) in [6, 6.07) is 22.3. The molecular weight excluding hydrogens is 383 g/mol. The first kappa shape index (κ1) is 21.6. The van der Waals surface area contributed by atoms with Crippen LogP contribution >= 0.6 is 0 Å². The van der Waals surface area contributed by atoms with Crippen LogP contribution in [0.4, 0.5) is 4.39 Å². The molecule has 0 bridgehead atoms. The van der Waals surface area contributed by atoms with E-state index in [1.807, 2.05) is 12.1 Å². The molecule has 0 amide bonds. The SMILES string of the molecule is C=CCCCCC1CC[Si]2(CC1)CCC(c1ccc(-c3ccc(F)cc3)cc1)CC2. The molecule has 2 aliphatic heterocycles. The number of hydrogen-bond acceptors (Lipinski definition) is 0. The fourth-order valence-electron chi connectivity index (χ4n) is 5.95. The van der Waals surface area contributed by atoms with Gasteiger partial charge in [0.15, 0.2) is 0 Å². The molecule has 0 nitrogen and oxygen atoms in total. The van der Waals surface area contributed by atoms with Gasteiger partial charge in [-0.2, -0.15) is 0 Å². The average molecular weight is 421 g/mol. The highest BCUT2D eigenvalue weighted by Gasteiger charge is 2.40. The number of halogens is 1. The Morgan fingerprint density at radius 3 is 1.97 bits per heavy atom. The van der Waals surface area contributed by atoms with Crippen LogP contribution in [0.15, 0.2) is 61.2 Å². The van der Waals surface area contributed by atoms with Crippen LogP contribution in [0.1, 0.15) is 62.8 Å². The second-order valence-electron chi connectivity index (χ2n) is 9.92. The average Bonchev–Trinajstić information content (AvgIpc) is 2.79. The Morgan fingerprint density at radius 2 is 1.37 bits per heavy atom. The van der Waals surface area contributed by atoms with Crippen molar-refractivity contribution in [2.45, 2.75) is 81.5 Å². The van der Waals surface area contributed by atoms with Crippen LogP contribution in [0.5, 0.6) is 0 Å². The lowest BCUT2D eigenvalue weighted by Crippen LogP contribution is -2.41. The second kappa shape index (κ2) is 10.1. The fourth-order valence-corrected chi connectivity index (χ4v) is 11.4. The van der Waals surface area contributed by atoms with Gasteiger partial charge in [-0.3, -0.25) is 0 Å². The van der Waals surface area contributed by atoms with E-state index < -0.39 is 8.07 Å². The molecule has 1 spiro atoms. The first-order chi connectivity index (χ1) is 14.7. The highest BCUT2D eigenvalue weighted by molar-refractivity contribution is 6.80. The molecule has 0 aromatic heterocycles. The largest absolute Gasteiger partial charge is 0.207 e. The predicted molar refractivity (Wildman–Crippen MR) is 130 cm³/mol. The summed E-state index contributed by atoms with van der Waals surface area (Å²) in [5.74, 6) is 1.60. The van der Waals surface area contributed by atoms with Crippen LogP contribution in [0.2, 0.25) is 24.2 Å². The Labute approximate surface area is 183 Å². The fraction of sp³-hybridized carbons (Fsp3) is 0.500. The van der Waals surface area contributed by atoms with Crippen LogP contribution in [-0.4, -0.2) is 8.07 Å². The molecule has 0 aliphatic carbocycles. The number of rotatable bonds is 7. The molecule has 2 aliphatic rings. The summed E-state index contributed by atoms with van der Waals surface area (Å²) < 4.78 is 13.2. The normalized spacial score (nSPS) is 26.6. The van der Waals surface area contributed by atoms with E-state index in [-0.39, 0.29) is 5.82 Å². The molecule has 0 atom stereocenters. The van der Waals surface area contributed by atoms with Crippen molar-refractivity contribution in [3.05, 3.63) is 72.6 Å². The van der Waals surface area contributed by atoms with E-state index in [4.69, 9.17) is 0 Å². The van der Waals surface area contributed by atoms with E-state index in [0.717, 1.165) is 17.4 Å². The molecule has 0 N–H and O–H groups in total. The number of benzene rings is 2. The van der Waals surface area contributed by atoms with Crippen molar-refractivity contribution in [2.24, 2.45) is 5.92 Å². The van der Waals surface area contributed by atoms with Gasteiger partial charge in [0.1, 0.15) is 5.82 Å². The predicted octanol–water partition coefficient (Wildman–Crippen LogP) is 8.98. The van der Waals surface area contributed by atoms with Gasteiger partial charge in [0.05, 0.1) is 8.07 Å². The Kier molecular flexibility index (Phi) is 7.25. The van der Waals surface area contributed by atoms with Crippen LogP contribution in [0.3, 0.4) is 0 Å². The van der Waals surface area contributed by atoms with Gasteiger partial charge in [0, 0.05) is 0 Å². The molecule has 2 aromatic carbocycles. The first-order valence-corrected chi connectivity index (χ1v) is 15.0. The standard InChI is InChI=1S/C28H37FSi/c1-2-3-4-5-6-23-15-19-30(20-16-23)21-17-27(18-22-30)25-9-7-24(8-10-25)26-11-13-28(29)14-12-26/h2,7-14,23,27H,1,3-6,15-22H2. The zero-order valence-corrected chi connectivity index (χ0v) is 19.4. The third kappa shape index (κ3) is 5.32. The minimum Gasteiger partial charge on any atom is -0.207 e. The Hall–Kier alpha value is -1.67. The third-order valence-corrected chi connectivity index (χ3v) is 13.4. The molecule has 4 rings (SSSR count). The van der Waals surface area contributed by atoms with Crippen molar-refractivity contribution < 1.29 is 4.39 Å². The smallest absolute Gasteiger partial charge is 0.123 e. The summed E-state index contributed by atoms with van der Waals surface area (Å²) in [5.41, 5.74) is 3.80. The van der Waals surface area contributed by atoms with E-state index in [0.29, 0.717) is 0 Å². The lowest BCUT2D eigenvalue weighted by Gasteiger charge is -2.43. The molecular formula is C28H37FSi. The zero-order chi connectivity index (χ0) is 20.8. The summed E-state index contributed by atoms with van der Waals surface area (Å²) >= 11 is 0. The van der Waals surface area contributed by atoms with Gasteiger partial charge < -0.3 is 0 Å². The summed E-state index contributed by atoms with van der Waals surface area (Å²) in [6.45, 7) is 3.84. The van der Waals surface area contributed by atoms with E-state index in [1.165, 1.54) is 62.5 Å². The Morgan fingerprint density at radius 1 is 0.800 bits per heavy atom. The molecule has 2 heterocycles. The van der Waals surface area contributed by atoms with E-state index >= 15 is 0 Å². The van der Waals surface area contributed by atoms with Gasteiger partial charge >= 0.3 is 0 Å². The molecule has 0 radical (unpaired) electrons. The van der Waals surface area contributed by atoms with Gasteiger partial charge in [-0.1, -0.05) is 92.3 Å². The molecule has 30 heavy (non-hydrogen) atoms. The summed E-state index contributed by atoms with van der Waals surface area (Å²) in [4.78, 5) is 0. The summed E-state index contributed by atoms with van der Waals surface area (Å²) in [7, 11) is -0.961. The van der Waals surface area contributed by atoms with Crippen LogP contribution in [0.25, 0.3) is 11.1 Å². The molecule has 0 unspecified atom stereocenters. The molecule has 0 saturated carbocycles. The number of allylic oxidation sites excluding steroid dienone is 1. The van der Waals surface area contributed by atoms with Crippen LogP contribution in [-0.2, 0) is 0 Å². The van der Waals surface area contributed by atoms with Gasteiger partial charge in [-0.05, 0) is 66.3 Å². The molecule has 2 aromatic rings. The van der Waals surface area contributed by atoms with Crippen molar-refractivity contribution in [3.63, 3.8) is 0 Å². The maximum Gasteiger partial charge on any atom is 0.123 e. The van der Waals surface area contributed by atoms with Gasteiger partial charge in [-0.25, -0.2) is 4.39 Å². The number of unbranched alkanes of at least 4 members (excludes halogenated alkanes) is 2. The summed E-state index contributed by atoms with van der Waals surface area (Å²) in [5, 5.41) is 0. The minimum absolute atomic E-state index is 0.169. The molecule has 2 saturated heterocycles. The highest BCUT2D eigenvalue weighted by atomic mass is 28.3. The highest BCUT2D eigenvalue weighted by Crippen LogP contribution is 2.47. The quantitative estimate of drug-likeness (QED) is 0.238. The molecule has 2 fully saturated rings. The van der Waals surface area contributed by atoms with Crippen LogP contribution in [0, 0.1) is 11.7 Å². The maximum absolute atomic E-state index is 13.2. The summed E-state index contributed by atoms with van der Waals surface area (Å²) in [6.07, 6.45) is 13.3. The van der Waals surface area contributed by atoms with Crippen molar-refractivity contribution in [1.82, 2.24) is 0 Å². The second-order valence-corrected chi connectivity index (χ2v) is 14.9. The minimum atomic E-state index is -0.961. The molecule has 160 valence electrons. The van der Waals surface area contributed by atoms with Gasteiger partial charge in [-0.15, -0.1) is 6.58 Å². The van der Waals surface area contributed by atoms with Crippen molar-refractivity contribution >= 4 is 8.07 Å². The zero-order valence-electron chi connectivity index (χ0n) is 18.4. The van der Waals surface area contributed by atoms with E-state index in [2.05, 4.69) is 36.9 Å². The van der Waals surface area contributed by atoms with E-state index in [1.54, 1.807) is 36.3 Å².